The lowest BCUT2D eigenvalue weighted by molar-refractivity contribution is 0.591. The predicted octanol–water partition coefficient (Wildman–Crippen LogP) is 3.71. The third-order valence-corrected chi connectivity index (χ3v) is 3.55. The van der Waals surface area contributed by atoms with Gasteiger partial charge in [0.05, 0.1) is 0 Å². The van der Waals surface area contributed by atoms with E-state index in [9.17, 15) is 4.39 Å². The van der Waals surface area contributed by atoms with Gasteiger partial charge in [-0.15, -0.1) is 0 Å². The van der Waals surface area contributed by atoms with Crippen molar-refractivity contribution in [1.29, 1.82) is 0 Å². The van der Waals surface area contributed by atoms with Gasteiger partial charge in [0.15, 0.2) is 0 Å². The van der Waals surface area contributed by atoms with Crippen LogP contribution in [-0.2, 0) is 25.7 Å². The third kappa shape index (κ3) is 2.10. The number of rotatable bonds is 0. The van der Waals surface area contributed by atoms with E-state index in [1.54, 1.807) is 0 Å². The Morgan fingerprint density at radius 1 is 0.647 bits per heavy atom. The molecular formula is C16H15F. The van der Waals surface area contributed by atoms with E-state index in [1.165, 1.54) is 11.1 Å². The van der Waals surface area contributed by atoms with Gasteiger partial charge in [-0.1, -0.05) is 42.5 Å². The molecule has 4 bridgehead atoms. The van der Waals surface area contributed by atoms with Crippen LogP contribution in [0.3, 0.4) is 0 Å². The van der Waals surface area contributed by atoms with Gasteiger partial charge in [-0.05, 0) is 47.9 Å². The topological polar surface area (TPSA) is 0 Å². The zero-order valence-electron chi connectivity index (χ0n) is 9.75. The van der Waals surface area contributed by atoms with Crippen LogP contribution in [-0.4, -0.2) is 0 Å². The van der Waals surface area contributed by atoms with Crippen molar-refractivity contribution in [2.75, 3.05) is 0 Å². The van der Waals surface area contributed by atoms with Gasteiger partial charge < -0.3 is 0 Å². The van der Waals surface area contributed by atoms with E-state index < -0.39 is 0 Å². The molecular weight excluding hydrogens is 211 g/mol. The Morgan fingerprint density at radius 2 is 1.12 bits per heavy atom. The van der Waals surface area contributed by atoms with Crippen LogP contribution in [0.5, 0.6) is 0 Å². The van der Waals surface area contributed by atoms with Gasteiger partial charge in [-0.25, -0.2) is 4.39 Å². The molecule has 0 aromatic heterocycles. The van der Waals surface area contributed by atoms with Crippen LogP contribution >= 0.6 is 0 Å². The first-order chi connectivity index (χ1) is 8.33. The van der Waals surface area contributed by atoms with Crippen LogP contribution in [0.4, 0.5) is 4.39 Å². The molecule has 0 nitrogen and oxygen atoms in total. The Balaban J connectivity index is 2.04. The summed E-state index contributed by atoms with van der Waals surface area (Å²) in [4.78, 5) is 0. The second kappa shape index (κ2) is 4.33. The van der Waals surface area contributed by atoms with Crippen molar-refractivity contribution in [3.05, 3.63) is 70.5 Å². The zero-order valence-corrected chi connectivity index (χ0v) is 9.75. The van der Waals surface area contributed by atoms with Crippen LogP contribution in [0.25, 0.3) is 0 Å². The highest BCUT2D eigenvalue weighted by Gasteiger charge is 2.10. The summed E-state index contributed by atoms with van der Waals surface area (Å²) >= 11 is 0. The molecule has 4 rings (SSSR count). The van der Waals surface area contributed by atoms with Gasteiger partial charge in [0, 0.05) is 0 Å². The summed E-state index contributed by atoms with van der Waals surface area (Å²) in [7, 11) is 0. The standard InChI is InChI=1S/C16H15F/c17-16-14-2-1-3-15(16)11-9-13-6-4-12(5-7-13)8-10-14/h1-7H,8-11H2. The molecule has 0 unspecified atom stereocenters. The molecule has 2 aliphatic carbocycles. The molecule has 0 fully saturated rings. The molecule has 0 amide bonds. The molecule has 0 saturated carbocycles. The molecule has 17 heavy (non-hydrogen) atoms. The number of benzene rings is 2. The molecule has 0 atom stereocenters. The molecule has 0 N–H and O–H groups in total. The predicted molar refractivity (Wildman–Crippen MR) is 67.7 cm³/mol. The molecule has 2 aromatic rings. The molecule has 0 radical (unpaired) electrons. The number of hydrogen-bond donors (Lipinski definition) is 0. The largest absolute Gasteiger partial charge is 0.206 e. The van der Waals surface area contributed by atoms with Crippen LogP contribution < -0.4 is 0 Å². The lowest BCUT2D eigenvalue weighted by atomic mass is 10.0. The summed E-state index contributed by atoms with van der Waals surface area (Å²) in [5.41, 5.74) is 4.29. The van der Waals surface area contributed by atoms with E-state index in [-0.39, 0.29) is 5.82 Å². The summed E-state index contributed by atoms with van der Waals surface area (Å²) in [5, 5.41) is 0. The van der Waals surface area contributed by atoms with Crippen molar-refractivity contribution in [3.8, 4) is 0 Å². The second-order valence-corrected chi connectivity index (χ2v) is 4.71. The summed E-state index contributed by atoms with van der Waals surface area (Å²) in [6.07, 6.45) is 3.42. The number of aryl methyl sites for hydroxylation is 4. The van der Waals surface area contributed by atoms with Gasteiger partial charge in [-0.2, -0.15) is 0 Å². The van der Waals surface area contributed by atoms with Crippen LogP contribution in [0, 0.1) is 5.82 Å². The Morgan fingerprint density at radius 3 is 1.59 bits per heavy atom. The molecule has 0 saturated heterocycles. The Kier molecular flexibility index (Phi) is 2.68. The Hall–Kier alpha value is -1.63. The van der Waals surface area contributed by atoms with Gasteiger partial charge in [0.25, 0.3) is 0 Å². The maximum absolute atomic E-state index is 14.2. The minimum absolute atomic E-state index is 0.00926. The maximum atomic E-state index is 14.2. The van der Waals surface area contributed by atoms with Crippen molar-refractivity contribution >= 4 is 0 Å². The van der Waals surface area contributed by atoms with Gasteiger partial charge in [0.1, 0.15) is 5.82 Å². The lowest BCUT2D eigenvalue weighted by Gasteiger charge is -2.06. The van der Waals surface area contributed by atoms with Crippen LogP contribution in [0.1, 0.15) is 22.3 Å². The average molecular weight is 226 g/mol. The highest BCUT2D eigenvalue weighted by atomic mass is 19.1. The van der Waals surface area contributed by atoms with Crippen LogP contribution in [0.15, 0.2) is 42.5 Å². The SMILES string of the molecule is Fc1c2cccc1CCc1ccc(cc1)CC2. The number of hydrogen-bond acceptors (Lipinski definition) is 0. The first-order valence-corrected chi connectivity index (χ1v) is 6.17. The van der Waals surface area contributed by atoms with E-state index >= 15 is 0 Å². The van der Waals surface area contributed by atoms with Gasteiger partial charge in [0.2, 0.25) is 0 Å². The Bertz CT molecular complexity index is 480. The summed E-state index contributed by atoms with van der Waals surface area (Å²) < 4.78 is 14.2. The molecule has 2 aromatic carbocycles. The molecule has 0 spiro atoms. The molecule has 0 aliphatic heterocycles. The van der Waals surface area contributed by atoms with E-state index in [0.29, 0.717) is 0 Å². The average Bonchev–Trinajstić information content (AvgIpc) is 2.39. The maximum Gasteiger partial charge on any atom is 0.129 e. The number of halogens is 1. The monoisotopic (exact) mass is 226 g/mol. The first kappa shape index (κ1) is 10.5. The van der Waals surface area contributed by atoms with E-state index in [4.69, 9.17) is 0 Å². The third-order valence-electron chi connectivity index (χ3n) is 3.55. The van der Waals surface area contributed by atoms with Crippen molar-refractivity contribution in [3.63, 3.8) is 0 Å². The van der Waals surface area contributed by atoms with E-state index in [2.05, 4.69) is 24.3 Å². The molecule has 86 valence electrons. The molecule has 1 heteroatoms. The Labute approximate surface area is 101 Å². The van der Waals surface area contributed by atoms with Gasteiger partial charge >= 0.3 is 0 Å². The van der Waals surface area contributed by atoms with E-state index in [1.807, 2.05) is 18.2 Å². The van der Waals surface area contributed by atoms with Crippen molar-refractivity contribution in [1.82, 2.24) is 0 Å². The quantitative estimate of drug-likeness (QED) is 0.642. The van der Waals surface area contributed by atoms with Gasteiger partial charge in [-0.3, -0.25) is 0 Å². The second-order valence-electron chi connectivity index (χ2n) is 4.71. The number of fused-ring (bicyclic) bond motifs is 4. The highest BCUT2D eigenvalue weighted by Crippen LogP contribution is 2.19. The van der Waals surface area contributed by atoms with Crippen molar-refractivity contribution < 1.29 is 4.39 Å². The lowest BCUT2D eigenvalue weighted by Crippen LogP contribution is -1.99. The minimum Gasteiger partial charge on any atom is -0.206 e. The highest BCUT2D eigenvalue weighted by molar-refractivity contribution is 5.31. The fourth-order valence-electron chi connectivity index (χ4n) is 2.45. The van der Waals surface area contributed by atoms with E-state index in [0.717, 1.165) is 36.8 Å². The summed E-state index contributed by atoms with van der Waals surface area (Å²) in [5.74, 6) is 0.00926. The summed E-state index contributed by atoms with van der Waals surface area (Å²) in [6, 6.07) is 14.5. The minimum atomic E-state index is 0.00926. The normalized spacial score (nSPS) is 14.4. The fourth-order valence-corrected chi connectivity index (χ4v) is 2.45. The first-order valence-electron chi connectivity index (χ1n) is 6.17. The van der Waals surface area contributed by atoms with Crippen molar-refractivity contribution in [2.24, 2.45) is 0 Å². The fraction of sp³-hybridized carbons (Fsp3) is 0.250. The zero-order chi connectivity index (χ0) is 11.7. The smallest absolute Gasteiger partial charge is 0.129 e. The molecule has 2 aliphatic rings. The summed E-state index contributed by atoms with van der Waals surface area (Å²) in [6.45, 7) is 0. The van der Waals surface area contributed by atoms with Crippen LogP contribution in [0.2, 0.25) is 0 Å². The molecule has 0 heterocycles. The van der Waals surface area contributed by atoms with Crippen molar-refractivity contribution in [2.45, 2.75) is 25.7 Å².